The molecule has 0 atom stereocenters. The van der Waals surface area contributed by atoms with Crippen LogP contribution in [0.5, 0.6) is 0 Å². The van der Waals surface area contributed by atoms with Crippen LogP contribution in [0.2, 0.25) is 5.02 Å². The van der Waals surface area contributed by atoms with Gasteiger partial charge in [0.1, 0.15) is 5.82 Å². The highest BCUT2D eigenvalue weighted by molar-refractivity contribution is 6.34. The van der Waals surface area contributed by atoms with Gasteiger partial charge in [0, 0.05) is 13.1 Å². The average molecular weight is 338 g/mol. The van der Waals surface area contributed by atoms with Gasteiger partial charge in [-0.15, -0.1) is 0 Å². The highest BCUT2D eigenvalue weighted by Crippen LogP contribution is 2.23. The van der Waals surface area contributed by atoms with Gasteiger partial charge in [-0.1, -0.05) is 11.6 Å². The summed E-state index contributed by atoms with van der Waals surface area (Å²) >= 11 is 5.78. The number of rotatable bonds is 3. The Morgan fingerprint density at radius 1 is 1.17 bits per heavy atom. The number of carbonyl (C=O) groups is 1. The van der Waals surface area contributed by atoms with Gasteiger partial charge in [0.15, 0.2) is 11.6 Å². The zero-order valence-electron chi connectivity index (χ0n) is 12.2. The third-order valence-electron chi connectivity index (χ3n) is 3.72. The van der Waals surface area contributed by atoms with Crippen LogP contribution in [0.25, 0.3) is 0 Å². The summed E-state index contributed by atoms with van der Waals surface area (Å²) in [6, 6.07) is 5.07. The Balaban J connectivity index is 1.74. The number of amides is 1. The predicted molar refractivity (Wildman–Crippen MR) is 85.0 cm³/mol. The molecule has 2 heterocycles. The molecule has 23 heavy (non-hydrogen) atoms. The summed E-state index contributed by atoms with van der Waals surface area (Å²) in [5.41, 5.74) is 0.849. The molecule has 1 aliphatic heterocycles. The molecule has 1 saturated heterocycles. The molecule has 0 radical (unpaired) electrons. The number of halogens is 3. The Bertz CT molecular complexity index is 731. The molecule has 1 aliphatic rings. The first-order valence-electron chi connectivity index (χ1n) is 7.21. The molecule has 0 bridgehead atoms. The summed E-state index contributed by atoms with van der Waals surface area (Å²) in [7, 11) is 0. The van der Waals surface area contributed by atoms with Crippen LogP contribution in [0.3, 0.4) is 0 Å². The molecule has 1 aromatic carbocycles. The number of carbonyl (C=O) groups excluding carboxylic acids is 1. The largest absolute Gasteiger partial charge is 0.370 e. The molecule has 120 valence electrons. The van der Waals surface area contributed by atoms with Crippen molar-refractivity contribution >= 4 is 29.0 Å². The van der Waals surface area contributed by atoms with Gasteiger partial charge in [-0.2, -0.15) is 0 Å². The van der Waals surface area contributed by atoms with Crippen LogP contribution in [0.15, 0.2) is 30.5 Å². The van der Waals surface area contributed by atoms with E-state index < -0.39 is 17.5 Å². The summed E-state index contributed by atoms with van der Waals surface area (Å²) < 4.78 is 26.3. The summed E-state index contributed by atoms with van der Waals surface area (Å²) in [6.45, 7) is 2.00. The molecule has 0 spiro atoms. The maximum absolute atomic E-state index is 13.2. The van der Waals surface area contributed by atoms with Crippen LogP contribution < -0.4 is 10.2 Å². The summed E-state index contributed by atoms with van der Waals surface area (Å²) in [6.07, 6.45) is 3.99. The number of pyridine rings is 1. The van der Waals surface area contributed by atoms with E-state index in [1.807, 2.05) is 6.07 Å². The summed E-state index contributed by atoms with van der Waals surface area (Å²) in [4.78, 5) is 18.5. The normalized spacial score (nSPS) is 14.1. The van der Waals surface area contributed by atoms with Gasteiger partial charge in [0.05, 0.1) is 22.5 Å². The first kappa shape index (κ1) is 15.7. The second-order valence-corrected chi connectivity index (χ2v) is 5.70. The molecule has 3 rings (SSSR count). The maximum Gasteiger partial charge on any atom is 0.258 e. The monoisotopic (exact) mass is 337 g/mol. The van der Waals surface area contributed by atoms with Gasteiger partial charge < -0.3 is 10.2 Å². The minimum atomic E-state index is -1.13. The summed E-state index contributed by atoms with van der Waals surface area (Å²) in [5.74, 6) is -2.55. The van der Waals surface area contributed by atoms with E-state index in [9.17, 15) is 13.6 Å². The van der Waals surface area contributed by atoms with E-state index in [2.05, 4.69) is 15.2 Å². The minimum absolute atomic E-state index is 0.143. The van der Waals surface area contributed by atoms with Crippen molar-refractivity contribution in [2.75, 3.05) is 23.3 Å². The highest BCUT2D eigenvalue weighted by Gasteiger charge is 2.16. The van der Waals surface area contributed by atoms with E-state index in [1.165, 1.54) is 0 Å². The summed E-state index contributed by atoms with van der Waals surface area (Å²) in [5, 5.41) is 2.36. The molecule has 2 aromatic rings. The van der Waals surface area contributed by atoms with E-state index in [0.29, 0.717) is 5.82 Å². The van der Waals surface area contributed by atoms with Gasteiger partial charge in [-0.25, -0.2) is 13.8 Å². The van der Waals surface area contributed by atoms with Gasteiger partial charge in [-0.05, 0) is 37.1 Å². The molecule has 1 aromatic heterocycles. The molecule has 1 fully saturated rings. The molecular weight excluding hydrogens is 324 g/mol. The van der Waals surface area contributed by atoms with Crippen molar-refractivity contribution < 1.29 is 13.6 Å². The first-order valence-corrected chi connectivity index (χ1v) is 7.59. The Morgan fingerprint density at radius 2 is 1.87 bits per heavy atom. The van der Waals surface area contributed by atoms with E-state index in [0.717, 1.165) is 43.8 Å². The molecule has 0 aliphatic carbocycles. The Hall–Kier alpha value is -2.21. The quantitative estimate of drug-likeness (QED) is 0.865. The van der Waals surface area contributed by atoms with Crippen molar-refractivity contribution in [3.63, 3.8) is 0 Å². The molecular formula is C16H14ClF2N3O. The van der Waals surface area contributed by atoms with Crippen LogP contribution in [0.1, 0.15) is 23.2 Å². The van der Waals surface area contributed by atoms with Crippen molar-refractivity contribution in [2.24, 2.45) is 0 Å². The molecule has 1 N–H and O–H groups in total. The zero-order chi connectivity index (χ0) is 16.4. The maximum atomic E-state index is 13.2. The van der Waals surface area contributed by atoms with Crippen molar-refractivity contribution in [2.45, 2.75) is 12.8 Å². The first-order chi connectivity index (χ1) is 11.0. The number of benzene rings is 1. The lowest BCUT2D eigenvalue weighted by atomic mass is 10.2. The fourth-order valence-corrected chi connectivity index (χ4v) is 2.74. The fourth-order valence-electron chi connectivity index (χ4n) is 2.50. The Labute approximate surface area is 137 Å². The SMILES string of the molecule is O=C(Nc1ccc(N2CCCC2)cn1)c1cc(F)c(F)cc1Cl. The lowest BCUT2D eigenvalue weighted by Crippen LogP contribution is -2.18. The molecule has 0 unspecified atom stereocenters. The van der Waals surface area contributed by atoms with Crippen LogP contribution in [-0.2, 0) is 0 Å². The molecule has 4 nitrogen and oxygen atoms in total. The topological polar surface area (TPSA) is 45.2 Å². The second-order valence-electron chi connectivity index (χ2n) is 5.30. The lowest BCUT2D eigenvalue weighted by molar-refractivity contribution is 0.102. The Morgan fingerprint density at radius 3 is 2.52 bits per heavy atom. The number of hydrogen-bond acceptors (Lipinski definition) is 3. The standard InChI is InChI=1S/C16H14ClF2N3O/c17-12-8-14(19)13(18)7-11(12)16(23)21-15-4-3-10(9-20-15)22-5-1-2-6-22/h3-4,7-9H,1-2,5-6H2,(H,20,21,23). The predicted octanol–water partition coefficient (Wildman–Crippen LogP) is 3.87. The van der Waals surface area contributed by atoms with Crippen molar-refractivity contribution in [1.82, 2.24) is 4.98 Å². The minimum Gasteiger partial charge on any atom is -0.370 e. The van der Waals surface area contributed by atoms with Crippen molar-refractivity contribution in [3.05, 3.63) is 52.7 Å². The van der Waals surface area contributed by atoms with Crippen LogP contribution in [0.4, 0.5) is 20.3 Å². The zero-order valence-corrected chi connectivity index (χ0v) is 12.9. The number of anilines is 2. The number of nitrogens with zero attached hydrogens (tertiary/aromatic N) is 2. The van der Waals surface area contributed by atoms with Crippen LogP contribution in [0, 0.1) is 11.6 Å². The van der Waals surface area contributed by atoms with E-state index >= 15 is 0 Å². The van der Waals surface area contributed by atoms with E-state index in [1.54, 1.807) is 12.3 Å². The van der Waals surface area contributed by atoms with E-state index in [4.69, 9.17) is 11.6 Å². The van der Waals surface area contributed by atoms with Gasteiger partial charge >= 0.3 is 0 Å². The lowest BCUT2D eigenvalue weighted by Gasteiger charge is -2.17. The second kappa shape index (κ2) is 6.50. The van der Waals surface area contributed by atoms with Gasteiger partial charge in [-0.3, -0.25) is 4.79 Å². The highest BCUT2D eigenvalue weighted by atomic mass is 35.5. The van der Waals surface area contributed by atoms with Crippen molar-refractivity contribution in [1.29, 1.82) is 0 Å². The fraction of sp³-hybridized carbons (Fsp3) is 0.250. The number of hydrogen-bond donors (Lipinski definition) is 1. The van der Waals surface area contributed by atoms with E-state index in [-0.39, 0.29) is 10.6 Å². The smallest absolute Gasteiger partial charge is 0.258 e. The third-order valence-corrected chi connectivity index (χ3v) is 4.03. The molecule has 7 heteroatoms. The van der Waals surface area contributed by atoms with Crippen LogP contribution in [-0.4, -0.2) is 24.0 Å². The number of aromatic nitrogens is 1. The van der Waals surface area contributed by atoms with Gasteiger partial charge in [0.25, 0.3) is 5.91 Å². The third kappa shape index (κ3) is 3.42. The Kier molecular flexibility index (Phi) is 4.43. The van der Waals surface area contributed by atoms with Gasteiger partial charge in [0.2, 0.25) is 0 Å². The average Bonchev–Trinajstić information content (AvgIpc) is 3.06. The molecule has 1 amide bonds. The van der Waals surface area contributed by atoms with Crippen molar-refractivity contribution in [3.8, 4) is 0 Å². The van der Waals surface area contributed by atoms with Crippen LogP contribution >= 0.6 is 11.6 Å². The molecule has 0 saturated carbocycles. The number of nitrogens with one attached hydrogen (secondary N) is 1.